The van der Waals surface area contributed by atoms with Crippen molar-refractivity contribution in [2.45, 2.75) is 6.54 Å². The lowest BCUT2D eigenvalue weighted by atomic mass is 10.2. The molecule has 0 bridgehead atoms. The Morgan fingerprint density at radius 3 is 2.76 bits per heavy atom. The number of nitro groups is 1. The van der Waals surface area contributed by atoms with Gasteiger partial charge >= 0.3 is 5.69 Å². The van der Waals surface area contributed by atoms with Crippen molar-refractivity contribution in [3.63, 3.8) is 0 Å². The van der Waals surface area contributed by atoms with Crippen LogP contribution in [0.5, 0.6) is 11.5 Å². The van der Waals surface area contributed by atoms with Crippen LogP contribution in [0.4, 0.5) is 10.1 Å². The van der Waals surface area contributed by atoms with Crippen LogP contribution in [0.1, 0.15) is 11.1 Å². The maximum Gasteiger partial charge on any atom is 0.312 e. The highest BCUT2D eigenvalue weighted by atomic mass is 19.1. The van der Waals surface area contributed by atoms with Crippen molar-refractivity contribution in [1.29, 1.82) is 5.26 Å². The first-order valence-corrected chi connectivity index (χ1v) is 5.90. The molecule has 0 saturated heterocycles. The van der Waals surface area contributed by atoms with E-state index in [4.69, 9.17) is 15.7 Å². The van der Waals surface area contributed by atoms with E-state index in [1.807, 2.05) is 0 Å². The van der Waals surface area contributed by atoms with E-state index in [0.717, 1.165) is 6.07 Å². The maximum absolute atomic E-state index is 13.8. The highest BCUT2D eigenvalue weighted by Crippen LogP contribution is 2.34. The van der Waals surface area contributed by atoms with Crippen LogP contribution in [0, 0.1) is 27.3 Å². The van der Waals surface area contributed by atoms with Gasteiger partial charge in [-0.05, 0) is 18.2 Å². The van der Waals surface area contributed by atoms with Gasteiger partial charge in [-0.3, -0.25) is 10.1 Å². The van der Waals surface area contributed by atoms with Gasteiger partial charge in [0.25, 0.3) is 0 Å². The molecule has 2 rings (SSSR count). The van der Waals surface area contributed by atoms with E-state index in [9.17, 15) is 14.5 Å². The molecule has 106 valence electrons. The van der Waals surface area contributed by atoms with Gasteiger partial charge in [-0.15, -0.1) is 0 Å². The summed E-state index contributed by atoms with van der Waals surface area (Å²) in [6.07, 6.45) is 0. The SMILES string of the molecule is N#Cc1ccc(Oc2c(F)cccc2CN)c([N+](=O)[O-])c1. The van der Waals surface area contributed by atoms with E-state index >= 15 is 0 Å². The molecule has 0 aliphatic carbocycles. The van der Waals surface area contributed by atoms with Crippen molar-refractivity contribution in [3.8, 4) is 17.6 Å². The second kappa shape index (κ2) is 5.98. The predicted octanol–water partition coefficient (Wildman–Crippen LogP) is 2.86. The van der Waals surface area contributed by atoms with Crippen molar-refractivity contribution in [3.05, 3.63) is 63.5 Å². The third-order valence-corrected chi connectivity index (χ3v) is 2.77. The number of nitrogens with two attached hydrogens (primary N) is 1. The fourth-order valence-electron chi connectivity index (χ4n) is 1.75. The van der Waals surface area contributed by atoms with Crippen LogP contribution in [-0.4, -0.2) is 4.92 Å². The van der Waals surface area contributed by atoms with Crippen LogP contribution in [-0.2, 0) is 6.54 Å². The maximum atomic E-state index is 13.8. The molecule has 0 aliphatic rings. The summed E-state index contributed by atoms with van der Waals surface area (Å²) in [6, 6.07) is 9.67. The van der Waals surface area contributed by atoms with Gasteiger partial charge < -0.3 is 10.5 Å². The van der Waals surface area contributed by atoms with E-state index in [-0.39, 0.29) is 23.6 Å². The average Bonchev–Trinajstić information content (AvgIpc) is 2.49. The minimum absolute atomic E-state index is 0.0250. The van der Waals surface area contributed by atoms with Gasteiger partial charge in [-0.2, -0.15) is 5.26 Å². The Kier molecular flexibility index (Phi) is 4.11. The zero-order valence-electron chi connectivity index (χ0n) is 10.7. The zero-order chi connectivity index (χ0) is 15.4. The van der Waals surface area contributed by atoms with E-state index in [1.54, 1.807) is 12.1 Å². The van der Waals surface area contributed by atoms with Gasteiger partial charge in [0.2, 0.25) is 5.75 Å². The molecule has 2 aromatic carbocycles. The molecule has 7 heteroatoms. The summed E-state index contributed by atoms with van der Waals surface area (Å²) in [5, 5.41) is 19.8. The summed E-state index contributed by atoms with van der Waals surface area (Å²) in [5.74, 6) is -0.983. The van der Waals surface area contributed by atoms with Crippen LogP contribution in [0.25, 0.3) is 0 Å². The molecule has 0 radical (unpaired) electrons. The minimum Gasteiger partial charge on any atom is -0.447 e. The normalized spacial score (nSPS) is 9.95. The number of halogens is 1. The highest BCUT2D eigenvalue weighted by molar-refractivity contribution is 5.54. The molecule has 0 aliphatic heterocycles. The lowest BCUT2D eigenvalue weighted by molar-refractivity contribution is -0.385. The molecule has 0 aromatic heterocycles. The molecule has 0 saturated carbocycles. The predicted molar refractivity (Wildman–Crippen MR) is 72.2 cm³/mol. The molecule has 21 heavy (non-hydrogen) atoms. The van der Waals surface area contributed by atoms with Crippen molar-refractivity contribution in [2.24, 2.45) is 5.73 Å². The monoisotopic (exact) mass is 287 g/mol. The number of para-hydroxylation sites is 1. The Morgan fingerprint density at radius 1 is 1.38 bits per heavy atom. The van der Waals surface area contributed by atoms with Crippen LogP contribution in [0.15, 0.2) is 36.4 Å². The van der Waals surface area contributed by atoms with E-state index in [0.29, 0.717) is 5.56 Å². The molecule has 0 atom stereocenters. The number of nitro benzene ring substituents is 1. The summed E-state index contributed by atoms with van der Waals surface area (Å²) in [6.45, 7) is 0.0250. The molecule has 0 unspecified atom stereocenters. The van der Waals surface area contributed by atoms with Gasteiger partial charge in [-0.1, -0.05) is 12.1 Å². The second-order valence-electron chi connectivity index (χ2n) is 4.09. The molecule has 2 N–H and O–H groups in total. The quantitative estimate of drug-likeness (QED) is 0.688. The van der Waals surface area contributed by atoms with Gasteiger partial charge in [0, 0.05) is 18.2 Å². The summed E-state index contributed by atoms with van der Waals surface area (Å²) < 4.78 is 19.1. The summed E-state index contributed by atoms with van der Waals surface area (Å²) in [5.41, 5.74) is 5.57. The van der Waals surface area contributed by atoms with E-state index < -0.39 is 16.4 Å². The number of nitriles is 1. The first-order chi connectivity index (χ1) is 10.1. The Labute approximate surface area is 119 Å². The number of hydrogen-bond donors (Lipinski definition) is 1. The first kappa shape index (κ1) is 14.4. The Hall–Kier alpha value is -2.98. The largest absolute Gasteiger partial charge is 0.447 e. The van der Waals surface area contributed by atoms with Crippen molar-refractivity contribution >= 4 is 5.69 Å². The summed E-state index contributed by atoms with van der Waals surface area (Å²) >= 11 is 0. The van der Waals surface area contributed by atoms with E-state index in [1.165, 1.54) is 24.3 Å². The molecular weight excluding hydrogens is 277 g/mol. The van der Waals surface area contributed by atoms with Crippen LogP contribution in [0.3, 0.4) is 0 Å². The zero-order valence-corrected chi connectivity index (χ0v) is 10.7. The first-order valence-electron chi connectivity index (χ1n) is 5.90. The highest BCUT2D eigenvalue weighted by Gasteiger charge is 2.19. The van der Waals surface area contributed by atoms with Gasteiger partial charge in [-0.25, -0.2) is 4.39 Å². The number of ether oxygens (including phenoxy) is 1. The van der Waals surface area contributed by atoms with Crippen LogP contribution >= 0.6 is 0 Å². The molecule has 6 nitrogen and oxygen atoms in total. The van der Waals surface area contributed by atoms with Gasteiger partial charge in [0.15, 0.2) is 11.6 Å². The fourth-order valence-corrected chi connectivity index (χ4v) is 1.75. The Morgan fingerprint density at radius 2 is 2.14 bits per heavy atom. The van der Waals surface area contributed by atoms with Crippen molar-refractivity contribution in [2.75, 3.05) is 0 Å². The van der Waals surface area contributed by atoms with Crippen molar-refractivity contribution < 1.29 is 14.1 Å². The summed E-state index contributed by atoms with van der Waals surface area (Å²) in [7, 11) is 0. The molecule has 0 heterocycles. The lowest BCUT2D eigenvalue weighted by Gasteiger charge is -2.11. The van der Waals surface area contributed by atoms with Gasteiger partial charge in [0.1, 0.15) is 0 Å². The lowest BCUT2D eigenvalue weighted by Crippen LogP contribution is -2.02. The number of hydrogen-bond acceptors (Lipinski definition) is 5. The minimum atomic E-state index is -0.695. The topological polar surface area (TPSA) is 102 Å². The molecule has 0 fully saturated rings. The third-order valence-electron chi connectivity index (χ3n) is 2.77. The molecule has 2 aromatic rings. The van der Waals surface area contributed by atoms with Crippen molar-refractivity contribution in [1.82, 2.24) is 0 Å². The third kappa shape index (κ3) is 2.96. The van der Waals surface area contributed by atoms with E-state index in [2.05, 4.69) is 0 Å². The number of benzene rings is 2. The Balaban J connectivity index is 2.50. The van der Waals surface area contributed by atoms with Crippen LogP contribution in [0.2, 0.25) is 0 Å². The molecule has 0 amide bonds. The standard InChI is InChI=1S/C14H10FN3O3/c15-11-3-1-2-10(8-17)14(11)21-13-5-4-9(7-16)6-12(13)18(19)20/h1-6H,8,17H2. The fraction of sp³-hybridized carbons (Fsp3) is 0.0714. The summed E-state index contributed by atoms with van der Waals surface area (Å²) in [4.78, 5) is 10.3. The van der Waals surface area contributed by atoms with Crippen LogP contribution < -0.4 is 10.5 Å². The molecular formula is C14H10FN3O3. The number of rotatable bonds is 4. The second-order valence-corrected chi connectivity index (χ2v) is 4.09. The molecule has 0 spiro atoms. The number of nitrogens with zero attached hydrogens (tertiary/aromatic N) is 2. The smallest absolute Gasteiger partial charge is 0.312 e. The Bertz CT molecular complexity index is 741. The van der Waals surface area contributed by atoms with Gasteiger partial charge in [0.05, 0.1) is 16.6 Å². The average molecular weight is 287 g/mol.